The number of hydrogen-bond acceptors (Lipinski definition) is 4. The molecule has 0 amide bonds. The van der Waals surface area contributed by atoms with E-state index in [4.69, 9.17) is 9.47 Å². The first-order chi connectivity index (χ1) is 12.4. The third kappa shape index (κ3) is 3.95. The van der Waals surface area contributed by atoms with Gasteiger partial charge in [-0.2, -0.15) is 13.2 Å². The van der Waals surface area contributed by atoms with Crippen LogP contribution < -0.4 is 14.8 Å². The molecule has 0 saturated carbocycles. The number of ether oxygens (including phenoxy) is 2. The number of nitrogens with one attached hydrogen (secondary N) is 1. The van der Waals surface area contributed by atoms with Crippen molar-refractivity contribution in [2.75, 3.05) is 20.8 Å². The lowest BCUT2D eigenvalue weighted by molar-refractivity contribution is -0.141. The summed E-state index contributed by atoms with van der Waals surface area (Å²) in [5, 5.41) is 3.37. The van der Waals surface area contributed by atoms with Gasteiger partial charge < -0.3 is 19.4 Å². The van der Waals surface area contributed by atoms with Gasteiger partial charge in [-0.25, -0.2) is 4.98 Å². The maximum Gasteiger partial charge on any atom is 0.434 e. The zero-order valence-electron chi connectivity index (χ0n) is 14.8. The van der Waals surface area contributed by atoms with Crippen LogP contribution in [0.5, 0.6) is 11.5 Å². The normalized spacial score (nSPS) is 17.0. The molecular weight excluding hydrogens is 347 g/mol. The summed E-state index contributed by atoms with van der Waals surface area (Å²) in [6.45, 7) is 1.85. The van der Waals surface area contributed by atoms with Crippen molar-refractivity contribution in [1.29, 1.82) is 0 Å². The van der Waals surface area contributed by atoms with E-state index in [1.807, 2.05) is 18.2 Å². The first kappa shape index (κ1) is 18.6. The summed E-state index contributed by atoms with van der Waals surface area (Å²) in [5.74, 6) is 2.14. The van der Waals surface area contributed by atoms with Crippen LogP contribution in [0.4, 0.5) is 13.2 Å². The Morgan fingerprint density at radius 2 is 2.08 bits per heavy atom. The van der Waals surface area contributed by atoms with Crippen molar-refractivity contribution in [2.24, 2.45) is 5.92 Å². The molecule has 1 aliphatic rings. The first-order valence-electron chi connectivity index (χ1n) is 8.46. The molecule has 0 spiro atoms. The fraction of sp³-hybridized carbons (Fsp3) is 0.500. The van der Waals surface area contributed by atoms with Crippen LogP contribution in [0.3, 0.4) is 0 Å². The molecule has 2 aromatic rings. The molecule has 2 heterocycles. The molecule has 26 heavy (non-hydrogen) atoms. The number of aryl methyl sites for hydroxylation is 1. The topological polar surface area (TPSA) is 48.3 Å². The quantitative estimate of drug-likeness (QED) is 0.849. The molecule has 1 aromatic heterocycles. The average molecular weight is 369 g/mol. The van der Waals surface area contributed by atoms with Crippen LogP contribution in [0.1, 0.15) is 23.5 Å². The molecule has 1 N–H and O–H groups in total. The van der Waals surface area contributed by atoms with Crippen molar-refractivity contribution >= 4 is 0 Å². The lowest BCUT2D eigenvalue weighted by Gasteiger charge is -2.24. The van der Waals surface area contributed by atoms with Gasteiger partial charge in [0.1, 0.15) is 5.82 Å². The maximum atomic E-state index is 12.8. The monoisotopic (exact) mass is 369 g/mol. The second kappa shape index (κ2) is 7.57. The van der Waals surface area contributed by atoms with Crippen molar-refractivity contribution in [3.05, 3.63) is 41.5 Å². The molecule has 1 aromatic carbocycles. The Labute approximate surface area is 150 Å². The van der Waals surface area contributed by atoms with Crippen LogP contribution in [0.2, 0.25) is 0 Å². The summed E-state index contributed by atoms with van der Waals surface area (Å²) in [5.41, 5.74) is 0.174. The SMILES string of the molecule is COc1cccc(CNC[C@H]2CCc3nc(C(F)(F)F)cn3C2)c1OC. The van der Waals surface area contributed by atoms with E-state index in [1.165, 1.54) is 0 Å². The number of methoxy groups -OCH3 is 2. The number of alkyl halides is 3. The fourth-order valence-electron chi connectivity index (χ4n) is 3.32. The van der Waals surface area contributed by atoms with Gasteiger partial charge >= 0.3 is 6.18 Å². The van der Waals surface area contributed by atoms with Gasteiger partial charge in [-0.1, -0.05) is 12.1 Å². The zero-order chi connectivity index (χ0) is 18.7. The highest BCUT2D eigenvalue weighted by molar-refractivity contribution is 5.46. The van der Waals surface area contributed by atoms with E-state index in [9.17, 15) is 13.2 Å². The van der Waals surface area contributed by atoms with Gasteiger partial charge in [-0.05, 0) is 24.9 Å². The van der Waals surface area contributed by atoms with Crippen LogP contribution in [-0.2, 0) is 25.7 Å². The summed E-state index contributed by atoms with van der Waals surface area (Å²) in [7, 11) is 3.19. The molecular formula is C18H22F3N3O2. The summed E-state index contributed by atoms with van der Waals surface area (Å²) in [4.78, 5) is 3.71. The van der Waals surface area contributed by atoms with E-state index < -0.39 is 11.9 Å². The highest BCUT2D eigenvalue weighted by Gasteiger charge is 2.35. The van der Waals surface area contributed by atoms with E-state index in [-0.39, 0.29) is 5.92 Å². The molecule has 0 saturated heterocycles. The molecule has 8 heteroatoms. The minimum atomic E-state index is -4.39. The molecule has 0 unspecified atom stereocenters. The number of imidazole rings is 1. The number of hydrogen-bond donors (Lipinski definition) is 1. The molecule has 0 aliphatic carbocycles. The van der Waals surface area contributed by atoms with E-state index >= 15 is 0 Å². The third-order valence-electron chi connectivity index (χ3n) is 4.61. The number of benzene rings is 1. The van der Waals surface area contributed by atoms with Crippen LogP contribution in [0.15, 0.2) is 24.4 Å². The lowest BCUT2D eigenvalue weighted by Crippen LogP contribution is -2.29. The summed E-state index contributed by atoms with van der Waals surface area (Å²) in [6.07, 6.45) is -1.89. The van der Waals surface area contributed by atoms with Gasteiger partial charge in [-0.15, -0.1) is 0 Å². The molecule has 3 rings (SSSR count). The summed E-state index contributed by atoms with van der Waals surface area (Å²) >= 11 is 0. The second-order valence-corrected chi connectivity index (χ2v) is 6.38. The van der Waals surface area contributed by atoms with Crippen LogP contribution in [0, 0.1) is 5.92 Å². The molecule has 0 bridgehead atoms. The Hall–Kier alpha value is -2.22. The molecule has 1 atom stereocenters. The largest absolute Gasteiger partial charge is 0.493 e. The summed E-state index contributed by atoms with van der Waals surface area (Å²) < 4.78 is 50.7. The standard InChI is InChI=1S/C18H22F3N3O2/c1-25-14-5-3-4-13(17(14)26-2)9-22-8-12-6-7-16-23-15(18(19,20)21)11-24(16)10-12/h3-5,11-12,22H,6-10H2,1-2H3/t12-/m1/s1. The lowest BCUT2D eigenvalue weighted by atomic mass is 9.99. The van der Waals surface area contributed by atoms with Gasteiger partial charge in [0.2, 0.25) is 0 Å². The molecule has 0 fully saturated rings. The number of aromatic nitrogens is 2. The maximum absolute atomic E-state index is 12.8. The fourth-order valence-corrected chi connectivity index (χ4v) is 3.32. The van der Waals surface area contributed by atoms with E-state index in [0.29, 0.717) is 43.4 Å². The Kier molecular flexibility index (Phi) is 5.41. The van der Waals surface area contributed by atoms with E-state index in [2.05, 4.69) is 10.3 Å². The first-order valence-corrected chi connectivity index (χ1v) is 8.46. The molecule has 5 nitrogen and oxygen atoms in total. The molecule has 0 radical (unpaired) electrons. The predicted molar refractivity (Wildman–Crippen MR) is 90.3 cm³/mol. The average Bonchev–Trinajstić information content (AvgIpc) is 3.05. The van der Waals surface area contributed by atoms with Gasteiger partial charge in [0, 0.05) is 31.3 Å². The summed E-state index contributed by atoms with van der Waals surface area (Å²) in [6, 6.07) is 5.69. The molecule has 142 valence electrons. The number of nitrogens with zero attached hydrogens (tertiary/aromatic N) is 2. The minimum absolute atomic E-state index is 0.259. The van der Waals surface area contributed by atoms with Crippen molar-refractivity contribution in [1.82, 2.24) is 14.9 Å². The number of rotatable bonds is 6. The van der Waals surface area contributed by atoms with Crippen LogP contribution in [-0.4, -0.2) is 30.3 Å². The van der Waals surface area contributed by atoms with Crippen LogP contribution >= 0.6 is 0 Å². The van der Waals surface area contributed by atoms with E-state index in [1.54, 1.807) is 18.8 Å². The van der Waals surface area contributed by atoms with Crippen molar-refractivity contribution < 1.29 is 22.6 Å². The van der Waals surface area contributed by atoms with Gasteiger partial charge in [0.05, 0.1) is 14.2 Å². The Bertz CT molecular complexity index is 759. The van der Waals surface area contributed by atoms with Gasteiger partial charge in [0.15, 0.2) is 17.2 Å². The molecule has 1 aliphatic heterocycles. The number of halogens is 3. The van der Waals surface area contributed by atoms with Gasteiger partial charge in [0.25, 0.3) is 0 Å². The van der Waals surface area contributed by atoms with Gasteiger partial charge in [-0.3, -0.25) is 0 Å². The van der Waals surface area contributed by atoms with Crippen molar-refractivity contribution in [3.8, 4) is 11.5 Å². The second-order valence-electron chi connectivity index (χ2n) is 6.38. The third-order valence-corrected chi connectivity index (χ3v) is 4.61. The van der Waals surface area contributed by atoms with Crippen LogP contribution in [0.25, 0.3) is 0 Å². The Morgan fingerprint density at radius 1 is 1.27 bits per heavy atom. The number of para-hydroxylation sites is 1. The van der Waals surface area contributed by atoms with E-state index in [0.717, 1.165) is 18.2 Å². The Balaban J connectivity index is 1.58. The van der Waals surface area contributed by atoms with Crippen molar-refractivity contribution in [3.63, 3.8) is 0 Å². The Morgan fingerprint density at radius 3 is 2.77 bits per heavy atom. The number of fused-ring (bicyclic) bond motifs is 1. The zero-order valence-corrected chi connectivity index (χ0v) is 14.8. The predicted octanol–water partition coefficient (Wildman–Crippen LogP) is 3.27. The smallest absolute Gasteiger partial charge is 0.434 e. The minimum Gasteiger partial charge on any atom is -0.493 e. The highest BCUT2D eigenvalue weighted by Crippen LogP contribution is 2.32. The highest BCUT2D eigenvalue weighted by atomic mass is 19.4. The van der Waals surface area contributed by atoms with Crippen molar-refractivity contribution in [2.45, 2.75) is 32.1 Å².